The lowest BCUT2D eigenvalue weighted by Gasteiger charge is -2.32. The van der Waals surface area contributed by atoms with Gasteiger partial charge in [-0.25, -0.2) is 4.98 Å². The van der Waals surface area contributed by atoms with Gasteiger partial charge >= 0.3 is 5.51 Å². The lowest BCUT2D eigenvalue weighted by atomic mass is 9.96. The molecule has 0 fully saturated rings. The Morgan fingerprint density at radius 1 is 1.19 bits per heavy atom. The number of hydrogen-bond donors (Lipinski definition) is 0. The second kappa shape index (κ2) is 10.8. The predicted molar refractivity (Wildman–Crippen MR) is 139 cm³/mol. The zero-order valence-electron chi connectivity index (χ0n) is 21.3. The van der Waals surface area contributed by atoms with Gasteiger partial charge in [-0.3, -0.25) is 4.79 Å². The van der Waals surface area contributed by atoms with E-state index in [-0.39, 0.29) is 17.4 Å². The number of methoxy groups -OCH3 is 1. The van der Waals surface area contributed by atoms with Crippen molar-refractivity contribution in [3.63, 3.8) is 0 Å². The summed E-state index contributed by atoms with van der Waals surface area (Å²) < 4.78 is 50.6. The van der Waals surface area contributed by atoms with Crippen LogP contribution >= 0.6 is 23.4 Å². The molecule has 1 aliphatic heterocycles. The molecule has 196 valence electrons. The average Bonchev–Trinajstić information content (AvgIpc) is 3.49. The molecule has 4 rings (SSSR count). The Labute approximate surface area is 217 Å². The SMILES string of the molecule is CC.COc1cc2c(cc1OSC(F)(F)F)-c1c(-c3cccs3)nc(C(=O)N(C)C(C)(C)C)n1CC2. The Hall–Kier alpha value is -2.66. The molecule has 0 atom stereocenters. The maximum absolute atomic E-state index is 13.4. The van der Waals surface area contributed by atoms with Gasteiger partial charge in [-0.15, -0.1) is 11.3 Å². The third kappa shape index (κ3) is 5.67. The summed E-state index contributed by atoms with van der Waals surface area (Å²) in [6, 6.07) is 7.03. The highest BCUT2D eigenvalue weighted by molar-refractivity contribution is 7.95. The van der Waals surface area contributed by atoms with Crippen molar-refractivity contribution in [3.8, 4) is 33.3 Å². The van der Waals surface area contributed by atoms with Crippen LogP contribution in [0.5, 0.6) is 11.5 Å². The van der Waals surface area contributed by atoms with Gasteiger partial charge in [0.15, 0.2) is 29.4 Å². The number of carbonyl (C=O) groups excluding carboxylic acids is 1. The minimum absolute atomic E-state index is 0.0463. The molecule has 0 aliphatic carbocycles. The number of carbonyl (C=O) groups is 1. The van der Waals surface area contributed by atoms with Crippen molar-refractivity contribution >= 4 is 29.3 Å². The molecule has 0 saturated heterocycles. The first-order chi connectivity index (χ1) is 16.9. The van der Waals surface area contributed by atoms with Crippen LogP contribution in [0.15, 0.2) is 29.6 Å². The molecule has 2 aromatic heterocycles. The molecular weight excluding hydrogens is 511 g/mol. The maximum atomic E-state index is 13.4. The highest BCUT2D eigenvalue weighted by Crippen LogP contribution is 2.45. The van der Waals surface area contributed by atoms with Gasteiger partial charge in [-0.1, -0.05) is 19.9 Å². The molecule has 0 spiro atoms. The quantitative estimate of drug-likeness (QED) is 0.318. The first kappa shape index (κ1) is 27.9. The molecule has 1 amide bonds. The van der Waals surface area contributed by atoms with E-state index in [2.05, 4.69) is 0 Å². The number of amides is 1. The first-order valence-electron chi connectivity index (χ1n) is 11.5. The number of thiophene rings is 1. The fourth-order valence-electron chi connectivity index (χ4n) is 3.72. The van der Waals surface area contributed by atoms with Crippen molar-refractivity contribution in [3.05, 3.63) is 41.0 Å². The first-order valence-corrected chi connectivity index (χ1v) is 13.1. The largest absolute Gasteiger partial charge is 0.493 e. The molecule has 0 N–H and O–H groups in total. The summed E-state index contributed by atoms with van der Waals surface area (Å²) in [5.74, 6) is 0.238. The summed E-state index contributed by atoms with van der Waals surface area (Å²) >= 11 is 0.884. The Morgan fingerprint density at radius 2 is 1.89 bits per heavy atom. The summed E-state index contributed by atoms with van der Waals surface area (Å²) in [5, 5.41) is 1.91. The second-order valence-corrected chi connectivity index (χ2v) is 10.6. The molecule has 1 aromatic carbocycles. The van der Waals surface area contributed by atoms with Crippen LogP contribution in [0.3, 0.4) is 0 Å². The van der Waals surface area contributed by atoms with Crippen LogP contribution in [0, 0.1) is 0 Å². The van der Waals surface area contributed by atoms with E-state index in [0.29, 0.717) is 35.7 Å². The van der Waals surface area contributed by atoms with E-state index >= 15 is 0 Å². The average molecular weight is 542 g/mol. The van der Waals surface area contributed by atoms with E-state index < -0.39 is 23.1 Å². The van der Waals surface area contributed by atoms with E-state index in [1.165, 1.54) is 18.4 Å². The Kier molecular flexibility index (Phi) is 8.34. The Bertz CT molecular complexity index is 1220. The maximum Gasteiger partial charge on any atom is 0.479 e. The van der Waals surface area contributed by atoms with Crippen molar-refractivity contribution in [2.75, 3.05) is 14.2 Å². The van der Waals surface area contributed by atoms with E-state index in [1.54, 1.807) is 24.1 Å². The fourth-order valence-corrected chi connectivity index (χ4v) is 4.75. The van der Waals surface area contributed by atoms with Gasteiger partial charge in [-0.2, -0.15) is 13.2 Å². The minimum Gasteiger partial charge on any atom is -0.493 e. The molecule has 3 aromatic rings. The van der Waals surface area contributed by atoms with Crippen LogP contribution in [0.25, 0.3) is 21.8 Å². The molecular formula is C25H30F3N3O3S2. The molecule has 3 heterocycles. The molecule has 0 bridgehead atoms. The van der Waals surface area contributed by atoms with Gasteiger partial charge in [0.1, 0.15) is 5.69 Å². The van der Waals surface area contributed by atoms with Gasteiger partial charge < -0.3 is 18.4 Å². The van der Waals surface area contributed by atoms with E-state index in [1.807, 2.05) is 56.7 Å². The number of ether oxygens (including phenoxy) is 1. The minimum atomic E-state index is -4.57. The molecule has 0 unspecified atom stereocenters. The number of alkyl halides is 3. The third-order valence-electron chi connectivity index (χ3n) is 5.70. The zero-order chi connectivity index (χ0) is 26.8. The number of benzene rings is 1. The highest BCUT2D eigenvalue weighted by atomic mass is 32.2. The summed E-state index contributed by atoms with van der Waals surface area (Å²) in [6.07, 6.45) is 0.561. The van der Waals surface area contributed by atoms with Gasteiger partial charge in [0.25, 0.3) is 5.91 Å². The van der Waals surface area contributed by atoms with Crippen molar-refractivity contribution < 1.29 is 26.9 Å². The van der Waals surface area contributed by atoms with E-state index in [9.17, 15) is 18.0 Å². The topological polar surface area (TPSA) is 56.6 Å². The highest BCUT2D eigenvalue weighted by Gasteiger charge is 2.35. The monoisotopic (exact) mass is 541 g/mol. The van der Waals surface area contributed by atoms with Crippen LogP contribution in [0.2, 0.25) is 0 Å². The van der Waals surface area contributed by atoms with Crippen molar-refractivity contribution in [1.29, 1.82) is 0 Å². The number of imidazole rings is 1. The standard InChI is InChI=1S/C23H24F3N3O3S2.C2H6/c1-22(2,3)28(4)21(30)20-27-18(17-7-6-10-33-17)19-14-12-16(32-34-23(24,25)26)15(31-5)11-13(14)8-9-29(19)20;1-2/h6-7,10-12H,8-9H2,1-5H3;1-2H3. The molecule has 0 saturated carbocycles. The Morgan fingerprint density at radius 3 is 2.44 bits per heavy atom. The number of halogens is 3. The van der Waals surface area contributed by atoms with Crippen LogP contribution in [-0.4, -0.2) is 45.6 Å². The molecule has 6 nitrogen and oxygen atoms in total. The summed E-state index contributed by atoms with van der Waals surface area (Å²) in [6.45, 7) is 10.3. The van der Waals surface area contributed by atoms with Crippen LogP contribution in [0.4, 0.5) is 13.2 Å². The van der Waals surface area contributed by atoms with Crippen molar-refractivity contribution in [2.45, 2.75) is 58.6 Å². The van der Waals surface area contributed by atoms with Crippen molar-refractivity contribution in [1.82, 2.24) is 14.5 Å². The van der Waals surface area contributed by atoms with E-state index in [0.717, 1.165) is 10.4 Å². The smallest absolute Gasteiger partial charge is 0.479 e. The van der Waals surface area contributed by atoms with E-state index in [4.69, 9.17) is 13.9 Å². The van der Waals surface area contributed by atoms with Gasteiger partial charge in [0.2, 0.25) is 0 Å². The summed E-state index contributed by atoms with van der Waals surface area (Å²) in [5.41, 5.74) is -2.14. The lowest BCUT2D eigenvalue weighted by molar-refractivity contribution is -0.0370. The number of nitrogens with zero attached hydrogens (tertiary/aromatic N) is 3. The van der Waals surface area contributed by atoms with Gasteiger partial charge in [-0.05, 0) is 56.3 Å². The molecule has 1 aliphatic rings. The number of hydrogen-bond acceptors (Lipinski definition) is 6. The van der Waals surface area contributed by atoms with Crippen LogP contribution in [-0.2, 0) is 13.0 Å². The number of aromatic nitrogens is 2. The van der Waals surface area contributed by atoms with Crippen LogP contribution in [0.1, 0.15) is 50.8 Å². The predicted octanol–water partition coefficient (Wildman–Crippen LogP) is 7.29. The van der Waals surface area contributed by atoms with Crippen LogP contribution < -0.4 is 8.92 Å². The fraction of sp³-hybridized carbons (Fsp3) is 0.440. The van der Waals surface area contributed by atoms with Crippen molar-refractivity contribution in [2.24, 2.45) is 0 Å². The lowest BCUT2D eigenvalue weighted by Crippen LogP contribution is -2.43. The number of rotatable bonds is 5. The molecule has 11 heteroatoms. The molecule has 0 radical (unpaired) electrons. The second-order valence-electron chi connectivity index (χ2n) is 8.82. The van der Waals surface area contributed by atoms with Gasteiger partial charge in [0.05, 0.1) is 17.7 Å². The third-order valence-corrected chi connectivity index (χ3v) is 7.03. The number of aryl methyl sites for hydroxylation is 1. The summed E-state index contributed by atoms with van der Waals surface area (Å²) in [4.78, 5) is 20.7. The number of fused-ring (bicyclic) bond motifs is 3. The Balaban J connectivity index is 0.00000176. The molecule has 36 heavy (non-hydrogen) atoms. The normalized spacial score (nSPS) is 12.7. The summed E-state index contributed by atoms with van der Waals surface area (Å²) in [7, 11) is 3.12. The van der Waals surface area contributed by atoms with Gasteiger partial charge in [0, 0.05) is 24.7 Å². The zero-order valence-corrected chi connectivity index (χ0v) is 23.0.